The zero-order valence-corrected chi connectivity index (χ0v) is 16.5. The minimum Gasteiger partial charge on any atom is -0.298 e. The molecule has 3 aliphatic heterocycles. The molecule has 30 heavy (non-hydrogen) atoms. The fraction of sp³-hybridized carbons (Fsp3) is 0.292. The average Bonchev–Trinajstić information content (AvgIpc) is 3.29. The standard InChI is InChI=1S/C24H21N3O3/c1-3-13-26-18-12-8-7-11-17(18)24(23(26)30)20-19(15(2)25-24)21(28)27(22(20)29)14-16-9-5-4-6-10-16/h1,4-12,15,19-20,25H,13-14H2,2H3. The molecular weight excluding hydrogens is 378 g/mol. The van der Waals surface area contributed by atoms with E-state index >= 15 is 0 Å². The van der Waals surface area contributed by atoms with Crippen LogP contribution in [0.15, 0.2) is 54.6 Å². The molecule has 1 N–H and O–H groups in total. The molecule has 4 atom stereocenters. The number of hydrogen-bond acceptors (Lipinski definition) is 4. The van der Waals surface area contributed by atoms with E-state index in [-0.39, 0.29) is 36.9 Å². The lowest BCUT2D eigenvalue weighted by atomic mass is 9.76. The first-order valence-corrected chi connectivity index (χ1v) is 10.0. The van der Waals surface area contributed by atoms with Crippen molar-refractivity contribution in [3.63, 3.8) is 0 Å². The highest BCUT2D eigenvalue weighted by molar-refractivity contribution is 6.16. The van der Waals surface area contributed by atoms with Crippen molar-refractivity contribution in [1.29, 1.82) is 0 Å². The van der Waals surface area contributed by atoms with Crippen LogP contribution < -0.4 is 10.2 Å². The van der Waals surface area contributed by atoms with Crippen LogP contribution in [0, 0.1) is 24.2 Å². The average molecular weight is 399 g/mol. The molecule has 3 heterocycles. The first kappa shape index (κ1) is 18.6. The molecule has 6 heteroatoms. The van der Waals surface area contributed by atoms with Crippen LogP contribution in [0.3, 0.4) is 0 Å². The Labute approximate surface area is 174 Å². The lowest BCUT2D eigenvalue weighted by Gasteiger charge is -2.30. The van der Waals surface area contributed by atoms with Gasteiger partial charge in [0.2, 0.25) is 11.8 Å². The molecule has 2 fully saturated rings. The highest BCUT2D eigenvalue weighted by Gasteiger charge is 2.70. The van der Waals surface area contributed by atoms with Crippen LogP contribution in [-0.4, -0.2) is 35.2 Å². The zero-order valence-electron chi connectivity index (χ0n) is 16.5. The molecule has 0 aliphatic carbocycles. The number of amides is 3. The second-order valence-electron chi connectivity index (χ2n) is 8.11. The van der Waals surface area contributed by atoms with Crippen LogP contribution in [-0.2, 0) is 26.5 Å². The third-order valence-corrected chi connectivity index (χ3v) is 6.54. The maximum Gasteiger partial charge on any atom is 0.253 e. The Kier molecular flexibility index (Phi) is 4.05. The van der Waals surface area contributed by atoms with Crippen molar-refractivity contribution in [2.45, 2.75) is 25.0 Å². The van der Waals surface area contributed by atoms with E-state index in [0.717, 1.165) is 5.56 Å². The molecule has 0 saturated carbocycles. The number of benzene rings is 2. The Morgan fingerprint density at radius 2 is 1.70 bits per heavy atom. The van der Waals surface area contributed by atoms with Crippen molar-refractivity contribution in [3.8, 4) is 12.3 Å². The monoisotopic (exact) mass is 399 g/mol. The summed E-state index contributed by atoms with van der Waals surface area (Å²) >= 11 is 0. The molecule has 6 nitrogen and oxygen atoms in total. The lowest BCUT2D eigenvalue weighted by molar-refractivity contribution is -0.143. The normalized spacial score (nSPS) is 29.5. The number of terminal acetylenes is 1. The third-order valence-electron chi connectivity index (χ3n) is 6.54. The molecule has 3 aliphatic rings. The minimum atomic E-state index is -1.27. The first-order chi connectivity index (χ1) is 14.5. The molecule has 2 aromatic rings. The summed E-state index contributed by atoms with van der Waals surface area (Å²) in [5.41, 5.74) is 1.02. The number of fused-ring (bicyclic) bond motifs is 4. The summed E-state index contributed by atoms with van der Waals surface area (Å²) in [6.07, 6.45) is 5.51. The van der Waals surface area contributed by atoms with Crippen molar-refractivity contribution in [3.05, 3.63) is 65.7 Å². The van der Waals surface area contributed by atoms with Crippen LogP contribution in [0.5, 0.6) is 0 Å². The Bertz CT molecular complexity index is 1110. The second kappa shape index (κ2) is 6.54. The van der Waals surface area contributed by atoms with Crippen LogP contribution in [0.25, 0.3) is 0 Å². The minimum absolute atomic E-state index is 0.112. The van der Waals surface area contributed by atoms with E-state index in [1.54, 1.807) is 0 Å². The summed E-state index contributed by atoms with van der Waals surface area (Å²) in [7, 11) is 0. The Hall–Kier alpha value is -3.43. The molecule has 1 spiro atoms. The molecule has 3 amide bonds. The molecule has 0 radical (unpaired) electrons. The molecular formula is C24H21N3O3. The van der Waals surface area contributed by atoms with E-state index < -0.39 is 17.4 Å². The molecule has 150 valence electrons. The third kappa shape index (κ3) is 2.27. The number of nitrogens with one attached hydrogen (secondary N) is 1. The zero-order chi connectivity index (χ0) is 21.0. The van der Waals surface area contributed by atoms with Gasteiger partial charge >= 0.3 is 0 Å². The van der Waals surface area contributed by atoms with Gasteiger partial charge in [-0.25, -0.2) is 0 Å². The van der Waals surface area contributed by atoms with E-state index in [1.807, 2.05) is 61.5 Å². The van der Waals surface area contributed by atoms with Gasteiger partial charge in [0.05, 0.1) is 30.6 Å². The van der Waals surface area contributed by atoms with E-state index in [0.29, 0.717) is 11.3 Å². The Morgan fingerprint density at radius 1 is 1.00 bits per heavy atom. The molecule has 5 rings (SSSR count). The van der Waals surface area contributed by atoms with Crippen LogP contribution in [0.1, 0.15) is 18.1 Å². The van der Waals surface area contributed by atoms with E-state index in [9.17, 15) is 14.4 Å². The van der Waals surface area contributed by atoms with Gasteiger partial charge in [-0.15, -0.1) is 6.42 Å². The fourth-order valence-electron chi connectivity index (χ4n) is 5.34. The van der Waals surface area contributed by atoms with E-state index in [2.05, 4.69) is 11.2 Å². The van der Waals surface area contributed by atoms with Gasteiger partial charge in [0.1, 0.15) is 5.54 Å². The van der Waals surface area contributed by atoms with Crippen molar-refractivity contribution in [2.24, 2.45) is 11.8 Å². The predicted molar refractivity (Wildman–Crippen MR) is 111 cm³/mol. The number of carbonyl (C=O) groups excluding carboxylic acids is 3. The summed E-state index contributed by atoms with van der Waals surface area (Å²) in [5.74, 6) is 0.350. The molecule has 0 aromatic heterocycles. The highest BCUT2D eigenvalue weighted by Crippen LogP contribution is 2.54. The number of likely N-dealkylation sites (tertiary alicyclic amines) is 1. The van der Waals surface area contributed by atoms with Crippen molar-refractivity contribution in [1.82, 2.24) is 10.2 Å². The molecule has 0 bridgehead atoms. The molecule has 2 aromatic carbocycles. The highest BCUT2D eigenvalue weighted by atomic mass is 16.2. The largest absolute Gasteiger partial charge is 0.298 e. The number of anilines is 1. The maximum absolute atomic E-state index is 13.7. The van der Waals surface area contributed by atoms with Crippen LogP contribution in [0.4, 0.5) is 5.69 Å². The van der Waals surface area contributed by atoms with Crippen molar-refractivity contribution in [2.75, 3.05) is 11.4 Å². The number of para-hydroxylation sites is 1. The number of nitrogens with zero attached hydrogens (tertiary/aromatic N) is 2. The molecule has 2 saturated heterocycles. The smallest absolute Gasteiger partial charge is 0.253 e. The number of carbonyl (C=O) groups is 3. The van der Waals surface area contributed by atoms with E-state index in [1.165, 1.54) is 9.80 Å². The number of rotatable bonds is 3. The van der Waals surface area contributed by atoms with Gasteiger partial charge in [-0.2, -0.15) is 0 Å². The predicted octanol–water partition coefficient (Wildman–Crippen LogP) is 1.65. The van der Waals surface area contributed by atoms with Gasteiger partial charge in [-0.05, 0) is 18.6 Å². The summed E-state index contributed by atoms with van der Waals surface area (Å²) < 4.78 is 0. The number of hydrogen-bond donors (Lipinski definition) is 1. The first-order valence-electron chi connectivity index (χ1n) is 10.0. The fourth-order valence-corrected chi connectivity index (χ4v) is 5.34. The quantitative estimate of drug-likeness (QED) is 0.630. The van der Waals surface area contributed by atoms with E-state index in [4.69, 9.17) is 6.42 Å². The number of imide groups is 1. The van der Waals surface area contributed by atoms with Gasteiger partial charge in [0, 0.05) is 11.6 Å². The van der Waals surface area contributed by atoms with Crippen molar-refractivity contribution < 1.29 is 14.4 Å². The van der Waals surface area contributed by atoms with Gasteiger partial charge in [0.25, 0.3) is 5.91 Å². The van der Waals surface area contributed by atoms with Crippen molar-refractivity contribution >= 4 is 23.4 Å². The lowest BCUT2D eigenvalue weighted by Crippen LogP contribution is -2.54. The van der Waals surface area contributed by atoms with Crippen LogP contribution >= 0.6 is 0 Å². The summed E-state index contributed by atoms with van der Waals surface area (Å²) in [5, 5.41) is 3.34. The van der Waals surface area contributed by atoms with Gasteiger partial charge in [-0.3, -0.25) is 29.5 Å². The molecule has 4 unspecified atom stereocenters. The SMILES string of the molecule is C#CCN1C(=O)C2(NC(C)C3C(=O)N(Cc4ccccc4)C(=O)C32)c2ccccc21. The topological polar surface area (TPSA) is 69.7 Å². The Morgan fingerprint density at radius 3 is 2.43 bits per heavy atom. The van der Waals surface area contributed by atoms with Gasteiger partial charge in [-0.1, -0.05) is 54.5 Å². The maximum atomic E-state index is 13.7. The summed E-state index contributed by atoms with van der Waals surface area (Å²) in [4.78, 5) is 43.4. The summed E-state index contributed by atoms with van der Waals surface area (Å²) in [6, 6.07) is 16.5. The summed E-state index contributed by atoms with van der Waals surface area (Å²) in [6.45, 7) is 2.18. The second-order valence-corrected chi connectivity index (χ2v) is 8.11. The van der Waals surface area contributed by atoms with Gasteiger partial charge in [0.15, 0.2) is 0 Å². The Balaban J connectivity index is 1.61. The van der Waals surface area contributed by atoms with Gasteiger partial charge < -0.3 is 0 Å². The van der Waals surface area contributed by atoms with Crippen LogP contribution in [0.2, 0.25) is 0 Å².